The van der Waals surface area contributed by atoms with Gasteiger partial charge in [0.1, 0.15) is 0 Å². The highest BCUT2D eigenvalue weighted by Crippen LogP contribution is 2.15. The number of nitrogens with zero attached hydrogens (tertiary/aromatic N) is 3. The SMILES string of the molecule is CCCCN(CCO)Cc1c(C)nn(CC)c1C. The Morgan fingerprint density at radius 3 is 2.44 bits per heavy atom. The van der Waals surface area contributed by atoms with Crippen molar-refractivity contribution in [3.63, 3.8) is 0 Å². The molecule has 0 aliphatic carbocycles. The minimum absolute atomic E-state index is 0.226. The first-order valence-electron chi connectivity index (χ1n) is 7.00. The third-order valence-electron chi connectivity index (χ3n) is 3.46. The number of hydrogen-bond donors (Lipinski definition) is 1. The second-order valence-electron chi connectivity index (χ2n) is 4.82. The van der Waals surface area contributed by atoms with Crippen LogP contribution >= 0.6 is 0 Å². The maximum absolute atomic E-state index is 9.14. The zero-order valence-electron chi connectivity index (χ0n) is 12.2. The van der Waals surface area contributed by atoms with Gasteiger partial charge in [-0.1, -0.05) is 13.3 Å². The molecule has 1 aromatic rings. The molecule has 0 saturated heterocycles. The lowest BCUT2D eigenvalue weighted by Crippen LogP contribution is -2.28. The summed E-state index contributed by atoms with van der Waals surface area (Å²) in [4.78, 5) is 2.32. The van der Waals surface area contributed by atoms with E-state index in [4.69, 9.17) is 5.11 Å². The Kier molecular flexibility index (Phi) is 6.36. The van der Waals surface area contributed by atoms with Crippen molar-refractivity contribution in [3.05, 3.63) is 17.0 Å². The van der Waals surface area contributed by atoms with E-state index in [1.54, 1.807) is 0 Å². The van der Waals surface area contributed by atoms with Crippen LogP contribution in [0.1, 0.15) is 43.6 Å². The van der Waals surface area contributed by atoms with E-state index in [9.17, 15) is 0 Å². The number of unbranched alkanes of at least 4 members (excludes halogenated alkanes) is 1. The molecule has 0 aliphatic rings. The highest BCUT2D eigenvalue weighted by molar-refractivity contribution is 5.24. The molecule has 0 spiro atoms. The lowest BCUT2D eigenvalue weighted by Gasteiger charge is -2.21. The zero-order valence-corrected chi connectivity index (χ0v) is 12.2. The topological polar surface area (TPSA) is 41.3 Å². The van der Waals surface area contributed by atoms with Crippen LogP contribution < -0.4 is 0 Å². The van der Waals surface area contributed by atoms with Crippen molar-refractivity contribution in [3.8, 4) is 0 Å². The molecule has 0 radical (unpaired) electrons. The summed E-state index contributed by atoms with van der Waals surface area (Å²) in [6, 6.07) is 0. The normalized spacial score (nSPS) is 11.4. The van der Waals surface area contributed by atoms with Crippen molar-refractivity contribution in [1.82, 2.24) is 14.7 Å². The van der Waals surface area contributed by atoms with E-state index >= 15 is 0 Å². The molecule has 104 valence electrons. The third-order valence-corrected chi connectivity index (χ3v) is 3.46. The number of rotatable bonds is 8. The minimum atomic E-state index is 0.226. The van der Waals surface area contributed by atoms with Gasteiger partial charge in [-0.25, -0.2) is 0 Å². The molecule has 0 unspecified atom stereocenters. The molecular formula is C14H27N3O. The van der Waals surface area contributed by atoms with Crippen LogP contribution in [-0.4, -0.2) is 39.5 Å². The summed E-state index contributed by atoms with van der Waals surface area (Å²) in [6.45, 7) is 12.4. The van der Waals surface area contributed by atoms with Gasteiger partial charge in [-0.2, -0.15) is 5.10 Å². The summed E-state index contributed by atoms with van der Waals surface area (Å²) >= 11 is 0. The van der Waals surface area contributed by atoms with E-state index in [2.05, 4.69) is 42.4 Å². The van der Waals surface area contributed by atoms with Crippen LogP contribution in [0.2, 0.25) is 0 Å². The van der Waals surface area contributed by atoms with Crippen molar-refractivity contribution in [2.24, 2.45) is 0 Å². The zero-order chi connectivity index (χ0) is 13.5. The highest BCUT2D eigenvalue weighted by atomic mass is 16.3. The van der Waals surface area contributed by atoms with Crippen LogP contribution in [0.15, 0.2) is 0 Å². The second kappa shape index (κ2) is 7.54. The molecule has 0 aliphatic heterocycles. The average molecular weight is 253 g/mol. The maximum Gasteiger partial charge on any atom is 0.0641 e. The first-order chi connectivity index (χ1) is 8.63. The average Bonchev–Trinajstić information content (AvgIpc) is 2.63. The van der Waals surface area contributed by atoms with Crippen molar-refractivity contribution < 1.29 is 5.11 Å². The lowest BCUT2D eigenvalue weighted by atomic mass is 10.1. The van der Waals surface area contributed by atoms with Gasteiger partial charge in [-0.3, -0.25) is 9.58 Å². The van der Waals surface area contributed by atoms with Gasteiger partial charge in [0.2, 0.25) is 0 Å². The van der Waals surface area contributed by atoms with Gasteiger partial charge in [0.25, 0.3) is 0 Å². The summed E-state index contributed by atoms with van der Waals surface area (Å²) in [6.07, 6.45) is 2.37. The van der Waals surface area contributed by atoms with Crippen LogP contribution in [0.25, 0.3) is 0 Å². The molecule has 4 heteroatoms. The fraction of sp³-hybridized carbons (Fsp3) is 0.786. The lowest BCUT2D eigenvalue weighted by molar-refractivity contribution is 0.188. The molecule has 18 heavy (non-hydrogen) atoms. The van der Waals surface area contributed by atoms with Gasteiger partial charge in [-0.15, -0.1) is 0 Å². The van der Waals surface area contributed by atoms with E-state index in [1.165, 1.54) is 24.1 Å². The standard InChI is InChI=1S/C14H27N3O/c1-5-7-8-16(9-10-18)11-14-12(3)15-17(6-2)13(14)4/h18H,5-11H2,1-4H3. The number of aryl methyl sites for hydroxylation is 2. The molecule has 4 nitrogen and oxygen atoms in total. The Morgan fingerprint density at radius 1 is 1.22 bits per heavy atom. The summed E-state index contributed by atoms with van der Waals surface area (Å²) in [5.74, 6) is 0. The first-order valence-corrected chi connectivity index (χ1v) is 7.00. The van der Waals surface area contributed by atoms with Crippen molar-refractivity contribution in [1.29, 1.82) is 0 Å². The minimum Gasteiger partial charge on any atom is -0.395 e. The van der Waals surface area contributed by atoms with Gasteiger partial charge >= 0.3 is 0 Å². The molecule has 0 fully saturated rings. The Morgan fingerprint density at radius 2 is 1.94 bits per heavy atom. The molecular weight excluding hydrogens is 226 g/mol. The monoisotopic (exact) mass is 253 g/mol. The maximum atomic E-state index is 9.14. The van der Waals surface area contributed by atoms with Crippen molar-refractivity contribution in [2.75, 3.05) is 19.7 Å². The van der Waals surface area contributed by atoms with Crippen molar-refractivity contribution in [2.45, 2.75) is 53.6 Å². The molecule has 0 saturated carbocycles. The van der Waals surface area contributed by atoms with E-state index in [-0.39, 0.29) is 6.61 Å². The quantitative estimate of drug-likeness (QED) is 0.771. The number of aromatic nitrogens is 2. The fourth-order valence-electron chi connectivity index (χ4n) is 2.29. The smallest absolute Gasteiger partial charge is 0.0641 e. The molecule has 1 N–H and O–H groups in total. The van der Waals surface area contributed by atoms with Gasteiger partial charge < -0.3 is 5.11 Å². The largest absolute Gasteiger partial charge is 0.395 e. The number of aliphatic hydroxyl groups is 1. The Labute approximate surface area is 111 Å². The molecule has 0 atom stereocenters. The van der Waals surface area contributed by atoms with Crippen LogP contribution in [0.3, 0.4) is 0 Å². The Hall–Kier alpha value is -0.870. The van der Waals surface area contributed by atoms with Gasteiger partial charge in [0.15, 0.2) is 0 Å². The summed E-state index contributed by atoms with van der Waals surface area (Å²) < 4.78 is 2.06. The van der Waals surface area contributed by atoms with Crippen LogP contribution in [0.5, 0.6) is 0 Å². The molecule has 0 amide bonds. The van der Waals surface area contributed by atoms with Crippen LogP contribution in [0.4, 0.5) is 0 Å². The van der Waals surface area contributed by atoms with E-state index in [0.29, 0.717) is 0 Å². The fourth-order valence-corrected chi connectivity index (χ4v) is 2.29. The number of aliphatic hydroxyl groups excluding tert-OH is 1. The van der Waals surface area contributed by atoms with Crippen LogP contribution in [0, 0.1) is 13.8 Å². The van der Waals surface area contributed by atoms with E-state index in [1.807, 2.05) is 0 Å². The Balaban J connectivity index is 2.76. The Bertz CT molecular complexity index is 360. The van der Waals surface area contributed by atoms with Gasteiger partial charge in [-0.05, 0) is 33.7 Å². The summed E-state index contributed by atoms with van der Waals surface area (Å²) in [7, 11) is 0. The predicted octanol–water partition coefficient (Wildman–Crippen LogP) is 2.11. The highest BCUT2D eigenvalue weighted by Gasteiger charge is 2.14. The van der Waals surface area contributed by atoms with E-state index < -0.39 is 0 Å². The van der Waals surface area contributed by atoms with E-state index in [0.717, 1.165) is 31.9 Å². The molecule has 0 aromatic carbocycles. The molecule has 1 heterocycles. The molecule has 0 bridgehead atoms. The van der Waals surface area contributed by atoms with Gasteiger partial charge in [0.05, 0.1) is 12.3 Å². The molecule has 1 aromatic heterocycles. The predicted molar refractivity (Wildman–Crippen MR) is 74.6 cm³/mol. The number of hydrogen-bond acceptors (Lipinski definition) is 3. The first kappa shape index (κ1) is 15.2. The second-order valence-corrected chi connectivity index (χ2v) is 4.82. The van der Waals surface area contributed by atoms with Gasteiger partial charge in [0, 0.05) is 30.9 Å². The van der Waals surface area contributed by atoms with Crippen LogP contribution in [-0.2, 0) is 13.1 Å². The summed E-state index contributed by atoms with van der Waals surface area (Å²) in [5, 5.41) is 13.7. The van der Waals surface area contributed by atoms with Crippen molar-refractivity contribution >= 4 is 0 Å². The summed E-state index contributed by atoms with van der Waals surface area (Å²) in [5.41, 5.74) is 3.70. The molecule has 1 rings (SSSR count). The third kappa shape index (κ3) is 3.82.